The summed E-state index contributed by atoms with van der Waals surface area (Å²) in [5.41, 5.74) is 1.06. The third-order valence-corrected chi connectivity index (χ3v) is 2.62. The molecule has 0 fully saturated rings. The van der Waals surface area contributed by atoms with E-state index in [0.717, 1.165) is 31.2 Å². The third kappa shape index (κ3) is 6.76. The SMILES string of the molecule is CCNC(=NCC(C)CO)NCCc1ccccn1. The Morgan fingerprint density at radius 3 is 2.89 bits per heavy atom. The molecule has 0 spiro atoms. The normalized spacial score (nSPS) is 13.1. The van der Waals surface area contributed by atoms with Crippen molar-refractivity contribution in [3.8, 4) is 0 Å². The summed E-state index contributed by atoms with van der Waals surface area (Å²) in [5, 5.41) is 15.4. The molecule has 0 aromatic carbocycles. The Kier molecular flexibility index (Phi) is 7.58. The van der Waals surface area contributed by atoms with E-state index in [-0.39, 0.29) is 12.5 Å². The minimum Gasteiger partial charge on any atom is -0.396 e. The van der Waals surface area contributed by atoms with Gasteiger partial charge in [0, 0.05) is 44.6 Å². The molecule has 1 aromatic heterocycles. The lowest BCUT2D eigenvalue weighted by molar-refractivity contribution is 0.241. The Morgan fingerprint density at radius 2 is 2.26 bits per heavy atom. The Balaban J connectivity index is 2.37. The van der Waals surface area contributed by atoms with Crippen LogP contribution in [-0.2, 0) is 6.42 Å². The van der Waals surface area contributed by atoms with Crippen LogP contribution < -0.4 is 10.6 Å². The minimum absolute atomic E-state index is 0.164. The van der Waals surface area contributed by atoms with E-state index in [1.807, 2.05) is 32.0 Å². The zero-order chi connectivity index (χ0) is 13.9. The summed E-state index contributed by atoms with van der Waals surface area (Å²) in [7, 11) is 0. The molecule has 1 heterocycles. The van der Waals surface area contributed by atoms with Crippen molar-refractivity contribution in [1.82, 2.24) is 15.6 Å². The van der Waals surface area contributed by atoms with Gasteiger partial charge in [-0.15, -0.1) is 0 Å². The molecule has 0 aliphatic rings. The summed E-state index contributed by atoms with van der Waals surface area (Å²) in [6.45, 7) is 6.40. The first-order valence-electron chi connectivity index (χ1n) is 6.79. The van der Waals surface area contributed by atoms with Gasteiger partial charge in [-0.25, -0.2) is 0 Å². The average Bonchev–Trinajstić information content (AvgIpc) is 2.45. The fourth-order valence-corrected chi connectivity index (χ4v) is 1.50. The van der Waals surface area contributed by atoms with Crippen molar-refractivity contribution in [1.29, 1.82) is 0 Å². The predicted octanol–water partition coefficient (Wildman–Crippen LogP) is 0.808. The van der Waals surface area contributed by atoms with E-state index in [4.69, 9.17) is 5.11 Å². The fraction of sp³-hybridized carbons (Fsp3) is 0.571. The van der Waals surface area contributed by atoms with Crippen LogP contribution in [0.3, 0.4) is 0 Å². The Bertz CT molecular complexity index is 367. The van der Waals surface area contributed by atoms with Crippen LogP contribution >= 0.6 is 0 Å². The number of pyridine rings is 1. The van der Waals surface area contributed by atoms with Crippen LogP contribution in [0.5, 0.6) is 0 Å². The van der Waals surface area contributed by atoms with Crippen molar-refractivity contribution >= 4 is 5.96 Å². The van der Waals surface area contributed by atoms with Gasteiger partial charge in [0.25, 0.3) is 0 Å². The number of nitrogens with zero attached hydrogens (tertiary/aromatic N) is 2. The van der Waals surface area contributed by atoms with Gasteiger partial charge in [-0.2, -0.15) is 0 Å². The van der Waals surface area contributed by atoms with Crippen molar-refractivity contribution in [2.45, 2.75) is 20.3 Å². The first kappa shape index (κ1) is 15.4. The van der Waals surface area contributed by atoms with E-state index in [2.05, 4.69) is 20.6 Å². The van der Waals surface area contributed by atoms with Gasteiger partial charge in [0.1, 0.15) is 0 Å². The van der Waals surface area contributed by atoms with Crippen molar-refractivity contribution in [2.24, 2.45) is 10.9 Å². The molecule has 3 N–H and O–H groups in total. The predicted molar refractivity (Wildman–Crippen MR) is 78.2 cm³/mol. The van der Waals surface area contributed by atoms with E-state index in [0.29, 0.717) is 6.54 Å². The monoisotopic (exact) mass is 264 g/mol. The van der Waals surface area contributed by atoms with Crippen molar-refractivity contribution in [2.75, 3.05) is 26.2 Å². The van der Waals surface area contributed by atoms with Crippen molar-refractivity contribution in [3.05, 3.63) is 30.1 Å². The number of hydrogen-bond acceptors (Lipinski definition) is 3. The number of rotatable bonds is 7. The molecule has 0 amide bonds. The lowest BCUT2D eigenvalue weighted by Crippen LogP contribution is -2.38. The molecule has 0 aliphatic heterocycles. The molecular weight excluding hydrogens is 240 g/mol. The van der Waals surface area contributed by atoms with E-state index >= 15 is 0 Å². The van der Waals surface area contributed by atoms with E-state index in [1.165, 1.54) is 0 Å². The van der Waals surface area contributed by atoms with Crippen molar-refractivity contribution < 1.29 is 5.11 Å². The number of aliphatic hydroxyl groups is 1. The standard InChI is InChI=1S/C14H24N4O/c1-3-15-14(18-10-12(2)11-19)17-9-7-13-6-4-5-8-16-13/h4-6,8,12,19H,3,7,9-11H2,1-2H3,(H2,15,17,18). The van der Waals surface area contributed by atoms with Crippen LogP contribution in [-0.4, -0.2) is 42.3 Å². The molecule has 5 nitrogen and oxygen atoms in total. The number of guanidine groups is 1. The van der Waals surface area contributed by atoms with E-state index < -0.39 is 0 Å². The molecule has 1 unspecified atom stereocenters. The topological polar surface area (TPSA) is 69.5 Å². The van der Waals surface area contributed by atoms with Gasteiger partial charge in [-0.3, -0.25) is 9.98 Å². The molecule has 5 heteroatoms. The van der Waals surface area contributed by atoms with Gasteiger partial charge in [-0.05, 0) is 25.0 Å². The maximum absolute atomic E-state index is 8.98. The first-order valence-corrected chi connectivity index (χ1v) is 6.79. The quantitative estimate of drug-likeness (QED) is 0.503. The van der Waals surface area contributed by atoms with Gasteiger partial charge in [0.2, 0.25) is 0 Å². The number of aliphatic hydroxyl groups excluding tert-OH is 1. The molecule has 0 saturated carbocycles. The third-order valence-electron chi connectivity index (χ3n) is 2.62. The number of aliphatic imine (C=N–C) groups is 1. The zero-order valence-electron chi connectivity index (χ0n) is 11.8. The molecule has 0 saturated heterocycles. The minimum atomic E-state index is 0.164. The molecule has 106 valence electrons. The fourth-order valence-electron chi connectivity index (χ4n) is 1.50. The molecule has 1 atom stereocenters. The zero-order valence-corrected chi connectivity index (χ0v) is 11.8. The van der Waals surface area contributed by atoms with Crippen molar-refractivity contribution in [3.63, 3.8) is 0 Å². The lowest BCUT2D eigenvalue weighted by Gasteiger charge is -2.12. The smallest absolute Gasteiger partial charge is 0.191 e. The highest BCUT2D eigenvalue weighted by molar-refractivity contribution is 5.79. The Labute approximate surface area is 115 Å². The molecular formula is C14H24N4O. The first-order chi connectivity index (χ1) is 9.26. The summed E-state index contributed by atoms with van der Waals surface area (Å²) < 4.78 is 0. The van der Waals surface area contributed by atoms with Gasteiger partial charge in [0.05, 0.1) is 0 Å². The maximum atomic E-state index is 8.98. The molecule has 0 radical (unpaired) electrons. The van der Waals surface area contributed by atoms with E-state index in [1.54, 1.807) is 6.20 Å². The number of aromatic nitrogens is 1. The average molecular weight is 264 g/mol. The lowest BCUT2D eigenvalue weighted by atomic mass is 10.2. The second-order valence-electron chi connectivity index (χ2n) is 4.51. The highest BCUT2D eigenvalue weighted by atomic mass is 16.3. The molecule has 1 rings (SSSR count). The number of nitrogens with one attached hydrogen (secondary N) is 2. The molecule has 19 heavy (non-hydrogen) atoms. The summed E-state index contributed by atoms with van der Waals surface area (Å²) in [5.74, 6) is 0.977. The second kappa shape index (κ2) is 9.33. The highest BCUT2D eigenvalue weighted by Gasteiger charge is 2.01. The van der Waals surface area contributed by atoms with Crippen LogP contribution in [0.2, 0.25) is 0 Å². The highest BCUT2D eigenvalue weighted by Crippen LogP contribution is 1.94. The molecule has 0 bridgehead atoms. The summed E-state index contributed by atoms with van der Waals surface area (Å²) in [4.78, 5) is 8.71. The second-order valence-corrected chi connectivity index (χ2v) is 4.51. The van der Waals surface area contributed by atoms with Gasteiger partial charge in [-0.1, -0.05) is 13.0 Å². The van der Waals surface area contributed by atoms with Crippen LogP contribution in [0.1, 0.15) is 19.5 Å². The van der Waals surface area contributed by atoms with Gasteiger partial charge < -0.3 is 15.7 Å². The molecule has 1 aromatic rings. The van der Waals surface area contributed by atoms with Gasteiger partial charge in [0.15, 0.2) is 5.96 Å². The Morgan fingerprint density at radius 1 is 1.42 bits per heavy atom. The summed E-state index contributed by atoms with van der Waals surface area (Å²) in [6.07, 6.45) is 2.67. The summed E-state index contributed by atoms with van der Waals surface area (Å²) in [6, 6.07) is 5.92. The van der Waals surface area contributed by atoms with Crippen LogP contribution in [0.4, 0.5) is 0 Å². The van der Waals surface area contributed by atoms with Crippen LogP contribution in [0.25, 0.3) is 0 Å². The number of hydrogen-bond donors (Lipinski definition) is 3. The van der Waals surface area contributed by atoms with E-state index in [9.17, 15) is 0 Å². The van der Waals surface area contributed by atoms with Gasteiger partial charge >= 0.3 is 0 Å². The Hall–Kier alpha value is -1.62. The largest absolute Gasteiger partial charge is 0.396 e. The van der Waals surface area contributed by atoms with Crippen LogP contribution in [0, 0.1) is 5.92 Å². The summed E-state index contributed by atoms with van der Waals surface area (Å²) >= 11 is 0. The molecule has 0 aliphatic carbocycles. The maximum Gasteiger partial charge on any atom is 0.191 e. The van der Waals surface area contributed by atoms with Crippen LogP contribution in [0.15, 0.2) is 29.4 Å².